The lowest BCUT2D eigenvalue weighted by Crippen LogP contribution is -2.06. The standard InChI is InChI=1S/C22H33NO/c1-7-8-9-10-13-24-22-20(17(4)5)14-19(16(2)3)15-21(22)18(6)11-12-23/h11,14-17H,7-10,13H2,1-6H3. The Kier molecular flexibility index (Phi) is 8.61. The van der Waals surface area contributed by atoms with E-state index in [9.17, 15) is 0 Å². The summed E-state index contributed by atoms with van der Waals surface area (Å²) in [5.41, 5.74) is 4.60. The van der Waals surface area contributed by atoms with Gasteiger partial charge < -0.3 is 4.74 Å². The summed E-state index contributed by atoms with van der Waals surface area (Å²) in [6, 6.07) is 6.63. The molecule has 2 nitrogen and oxygen atoms in total. The van der Waals surface area contributed by atoms with Gasteiger partial charge >= 0.3 is 0 Å². The molecular weight excluding hydrogens is 294 g/mol. The number of ether oxygens (including phenoxy) is 1. The van der Waals surface area contributed by atoms with Gasteiger partial charge in [-0.1, -0.05) is 59.9 Å². The molecule has 0 bridgehead atoms. The average Bonchev–Trinajstić information content (AvgIpc) is 2.54. The van der Waals surface area contributed by atoms with Crippen LogP contribution in [0.15, 0.2) is 18.2 Å². The van der Waals surface area contributed by atoms with Gasteiger partial charge in [-0.25, -0.2) is 0 Å². The Balaban J connectivity index is 3.24. The van der Waals surface area contributed by atoms with Gasteiger partial charge in [-0.3, -0.25) is 0 Å². The molecule has 0 heterocycles. The Hall–Kier alpha value is -1.75. The highest BCUT2D eigenvalue weighted by Crippen LogP contribution is 2.37. The number of hydrogen-bond acceptors (Lipinski definition) is 2. The van der Waals surface area contributed by atoms with Gasteiger partial charge in [0.05, 0.1) is 12.7 Å². The Labute approximate surface area is 148 Å². The number of rotatable bonds is 9. The molecule has 0 aliphatic rings. The van der Waals surface area contributed by atoms with Gasteiger partial charge in [0.2, 0.25) is 0 Å². The SMILES string of the molecule is CCCCCCOc1c(C(C)=CC#N)cc(C(C)C)cc1C(C)C. The van der Waals surface area contributed by atoms with E-state index in [-0.39, 0.29) is 0 Å². The minimum absolute atomic E-state index is 0.392. The molecular formula is C22H33NO. The van der Waals surface area contributed by atoms with E-state index in [0.717, 1.165) is 29.9 Å². The fourth-order valence-electron chi connectivity index (χ4n) is 2.77. The van der Waals surface area contributed by atoms with Crippen LogP contribution in [0.25, 0.3) is 5.57 Å². The molecule has 0 aliphatic heterocycles. The van der Waals surface area contributed by atoms with E-state index < -0.39 is 0 Å². The predicted octanol–water partition coefficient (Wildman–Crippen LogP) is 6.82. The maximum absolute atomic E-state index is 9.05. The molecule has 0 amide bonds. The number of benzene rings is 1. The number of nitriles is 1. The number of unbranched alkanes of at least 4 members (excludes halogenated alkanes) is 3. The van der Waals surface area contributed by atoms with E-state index in [2.05, 4.69) is 52.8 Å². The lowest BCUT2D eigenvalue weighted by atomic mass is 9.89. The van der Waals surface area contributed by atoms with Crippen molar-refractivity contribution in [1.29, 1.82) is 5.26 Å². The quantitative estimate of drug-likeness (QED) is 0.368. The summed E-state index contributed by atoms with van der Waals surface area (Å²) in [6.45, 7) is 13.8. The largest absolute Gasteiger partial charge is 0.493 e. The molecule has 0 aliphatic carbocycles. The van der Waals surface area contributed by atoms with Crippen LogP contribution in [-0.2, 0) is 0 Å². The molecule has 0 saturated heterocycles. The van der Waals surface area contributed by atoms with Gasteiger partial charge in [-0.05, 0) is 47.9 Å². The molecule has 2 heteroatoms. The normalized spacial score (nSPS) is 11.9. The molecule has 0 unspecified atom stereocenters. The van der Waals surface area contributed by atoms with Crippen LogP contribution in [0.4, 0.5) is 0 Å². The zero-order valence-corrected chi connectivity index (χ0v) is 16.3. The monoisotopic (exact) mass is 327 g/mol. The lowest BCUT2D eigenvalue weighted by Gasteiger charge is -2.21. The maximum Gasteiger partial charge on any atom is 0.130 e. The molecule has 1 aromatic rings. The molecule has 0 spiro atoms. The van der Waals surface area contributed by atoms with Crippen LogP contribution in [-0.4, -0.2) is 6.61 Å². The third-order valence-corrected chi connectivity index (χ3v) is 4.38. The van der Waals surface area contributed by atoms with Crippen LogP contribution in [0.5, 0.6) is 5.75 Å². The van der Waals surface area contributed by atoms with Crippen LogP contribution >= 0.6 is 0 Å². The molecule has 1 rings (SSSR count). The van der Waals surface area contributed by atoms with Crippen molar-refractivity contribution < 1.29 is 4.74 Å². The average molecular weight is 328 g/mol. The van der Waals surface area contributed by atoms with E-state index in [0.29, 0.717) is 11.8 Å². The lowest BCUT2D eigenvalue weighted by molar-refractivity contribution is 0.300. The second kappa shape index (κ2) is 10.2. The minimum atomic E-state index is 0.392. The number of nitrogens with zero attached hydrogens (tertiary/aromatic N) is 1. The van der Waals surface area contributed by atoms with Crippen molar-refractivity contribution in [3.8, 4) is 11.8 Å². The van der Waals surface area contributed by atoms with Crippen LogP contribution in [0.1, 0.15) is 95.8 Å². The second-order valence-electron chi connectivity index (χ2n) is 7.16. The van der Waals surface area contributed by atoms with Crippen molar-refractivity contribution in [2.45, 2.75) is 79.1 Å². The molecule has 0 radical (unpaired) electrons. The molecule has 0 saturated carbocycles. The molecule has 1 aromatic carbocycles. The highest BCUT2D eigenvalue weighted by molar-refractivity contribution is 5.73. The van der Waals surface area contributed by atoms with Crippen molar-refractivity contribution in [3.05, 3.63) is 34.9 Å². The first-order valence-corrected chi connectivity index (χ1v) is 9.29. The van der Waals surface area contributed by atoms with Gasteiger partial charge in [0.15, 0.2) is 0 Å². The highest BCUT2D eigenvalue weighted by atomic mass is 16.5. The van der Waals surface area contributed by atoms with Crippen molar-refractivity contribution >= 4 is 5.57 Å². The first-order valence-electron chi connectivity index (χ1n) is 9.29. The van der Waals surface area contributed by atoms with Crippen molar-refractivity contribution in [3.63, 3.8) is 0 Å². The summed E-state index contributed by atoms with van der Waals surface area (Å²) in [7, 11) is 0. The van der Waals surface area contributed by atoms with E-state index in [1.807, 2.05) is 6.92 Å². The van der Waals surface area contributed by atoms with Gasteiger partial charge in [-0.15, -0.1) is 0 Å². The molecule has 0 N–H and O–H groups in total. The predicted molar refractivity (Wildman–Crippen MR) is 104 cm³/mol. The number of allylic oxidation sites excluding steroid dienone is 2. The Bertz CT molecular complexity index is 591. The summed E-state index contributed by atoms with van der Waals surface area (Å²) >= 11 is 0. The summed E-state index contributed by atoms with van der Waals surface area (Å²) in [4.78, 5) is 0. The third kappa shape index (κ3) is 5.71. The topological polar surface area (TPSA) is 33.0 Å². The Morgan fingerprint density at radius 1 is 1.12 bits per heavy atom. The maximum atomic E-state index is 9.05. The zero-order chi connectivity index (χ0) is 18.1. The van der Waals surface area contributed by atoms with Crippen molar-refractivity contribution in [2.24, 2.45) is 0 Å². The van der Waals surface area contributed by atoms with Gasteiger partial charge in [-0.2, -0.15) is 5.26 Å². The smallest absolute Gasteiger partial charge is 0.130 e. The van der Waals surface area contributed by atoms with Crippen molar-refractivity contribution in [2.75, 3.05) is 6.61 Å². The fraction of sp³-hybridized carbons (Fsp3) is 0.591. The van der Waals surface area contributed by atoms with Gasteiger partial charge in [0.25, 0.3) is 0 Å². The zero-order valence-electron chi connectivity index (χ0n) is 16.3. The van der Waals surface area contributed by atoms with Crippen LogP contribution in [0.3, 0.4) is 0 Å². The fourth-order valence-corrected chi connectivity index (χ4v) is 2.77. The summed E-state index contributed by atoms with van der Waals surface area (Å²) in [5, 5.41) is 9.05. The summed E-state index contributed by atoms with van der Waals surface area (Å²) < 4.78 is 6.23. The summed E-state index contributed by atoms with van der Waals surface area (Å²) in [6.07, 6.45) is 6.40. The third-order valence-electron chi connectivity index (χ3n) is 4.38. The Morgan fingerprint density at radius 2 is 1.83 bits per heavy atom. The molecule has 0 atom stereocenters. The van der Waals surface area contributed by atoms with E-state index >= 15 is 0 Å². The van der Waals surface area contributed by atoms with E-state index in [4.69, 9.17) is 10.00 Å². The molecule has 24 heavy (non-hydrogen) atoms. The second-order valence-corrected chi connectivity index (χ2v) is 7.16. The van der Waals surface area contributed by atoms with Gasteiger partial charge in [0, 0.05) is 11.6 Å². The molecule has 132 valence electrons. The van der Waals surface area contributed by atoms with Crippen molar-refractivity contribution in [1.82, 2.24) is 0 Å². The van der Waals surface area contributed by atoms with Crippen LogP contribution in [0, 0.1) is 11.3 Å². The first kappa shape index (κ1) is 20.3. The molecule has 0 fully saturated rings. The summed E-state index contributed by atoms with van der Waals surface area (Å²) in [5.74, 6) is 1.81. The van der Waals surface area contributed by atoms with E-state index in [1.165, 1.54) is 30.4 Å². The van der Waals surface area contributed by atoms with Crippen LogP contribution < -0.4 is 4.74 Å². The van der Waals surface area contributed by atoms with E-state index in [1.54, 1.807) is 6.08 Å². The number of hydrogen-bond donors (Lipinski definition) is 0. The van der Waals surface area contributed by atoms with Gasteiger partial charge in [0.1, 0.15) is 5.75 Å². The minimum Gasteiger partial charge on any atom is -0.493 e. The highest BCUT2D eigenvalue weighted by Gasteiger charge is 2.17. The first-order chi connectivity index (χ1) is 11.4. The van der Waals surface area contributed by atoms with Crippen LogP contribution in [0.2, 0.25) is 0 Å². The molecule has 0 aromatic heterocycles. The Morgan fingerprint density at radius 3 is 2.38 bits per heavy atom.